The summed E-state index contributed by atoms with van der Waals surface area (Å²) < 4.78 is 38.3. The van der Waals surface area contributed by atoms with E-state index in [-0.39, 0.29) is 0 Å². The third-order valence-corrected chi connectivity index (χ3v) is 4.61. The predicted molar refractivity (Wildman–Crippen MR) is 100 cm³/mol. The Hall–Kier alpha value is -3.19. The Morgan fingerprint density at radius 2 is 1.33 bits per heavy atom. The number of benzene rings is 3. The van der Waals surface area contributed by atoms with Gasteiger partial charge in [-0.1, -0.05) is 42.2 Å². The molecule has 0 amide bonds. The van der Waals surface area contributed by atoms with Crippen molar-refractivity contribution in [2.75, 3.05) is 4.90 Å². The van der Waals surface area contributed by atoms with Crippen LogP contribution in [0.5, 0.6) is 0 Å². The molecule has 3 aromatic carbocycles. The van der Waals surface area contributed by atoms with E-state index >= 15 is 0 Å². The number of rotatable bonds is 1. The summed E-state index contributed by atoms with van der Waals surface area (Å²) in [5.41, 5.74) is 4.22. The van der Waals surface area contributed by atoms with Crippen LogP contribution in [-0.2, 0) is 19.3 Å². The zero-order chi connectivity index (χ0) is 18.9. The number of fused-ring (bicyclic) bond motifs is 1. The lowest BCUT2D eigenvalue weighted by atomic mass is 10.1. The Balaban J connectivity index is 1.49. The van der Waals surface area contributed by atoms with Crippen molar-refractivity contribution >= 4 is 5.69 Å². The molecule has 0 N–H and O–H groups in total. The van der Waals surface area contributed by atoms with Gasteiger partial charge >= 0.3 is 6.18 Å². The first-order valence-electron chi connectivity index (χ1n) is 8.60. The molecule has 27 heavy (non-hydrogen) atoms. The smallest absolute Gasteiger partial charge is 0.363 e. The average molecular weight is 363 g/mol. The Kier molecular flexibility index (Phi) is 4.37. The van der Waals surface area contributed by atoms with Crippen molar-refractivity contribution in [3.8, 4) is 11.8 Å². The molecule has 0 unspecified atom stereocenters. The minimum atomic E-state index is -4.35. The van der Waals surface area contributed by atoms with Gasteiger partial charge in [0.25, 0.3) is 0 Å². The third kappa shape index (κ3) is 3.83. The van der Waals surface area contributed by atoms with Crippen LogP contribution in [0.4, 0.5) is 18.9 Å². The van der Waals surface area contributed by atoms with Crippen molar-refractivity contribution in [2.24, 2.45) is 0 Å². The van der Waals surface area contributed by atoms with Gasteiger partial charge in [-0.15, -0.1) is 0 Å². The number of anilines is 1. The first-order valence-corrected chi connectivity index (χ1v) is 8.60. The van der Waals surface area contributed by atoms with Gasteiger partial charge in [-0.05, 0) is 53.6 Å². The standard InChI is InChI=1S/C23H16F3N/c24-23(25,26)21-7-3-4-18(14-21)9-8-17-10-12-22(13-11-17)27-15-19-5-1-2-6-20(19)16-27/h1-7,10-14H,15-16H2. The molecule has 0 saturated heterocycles. The van der Waals surface area contributed by atoms with Crippen LogP contribution in [0.2, 0.25) is 0 Å². The van der Waals surface area contributed by atoms with Gasteiger partial charge in [-0.2, -0.15) is 13.2 Å². The predicted octanol–water partition coefficient (Wildman–Crippen LogP) is 5.63. The largest absolute Gasteiger partial charge is 0.416 e. The Labute approximate surface area is 156 Å². The lowest BCUT2D eigenvalue weighted by Crippen LogP contribution is -2.14. The molecular formula is C23H16F3N. The molecule has 0 fully saturated rings. The summed E-state index contributed by atoms with van der Waals surface area (Å²) in [7, 11) is 0. The van der Waals surface area contributed by atoms with Crippen LogP contribution < -0.4 is 4.90 Å². The maximum atomic E-state index is 12.8. The van der Waals surface area contributed by atoms with Crippen molar-refractivity contribution in [1.29, 1.82) is 0 Å². The molecule has 0 spiro atoms. The van der Waals surface area contributed by atoms with Crippen LogP contribution in [0.25, 0.3) is 0 Å². The van der Waals surface area contributed by atoms with E-state index in [9.17, 15) is 13.2 Å². The Morgan fingerprint density at radius 1 is 0.704 bits per heavy atom. The second-order valence-electron chi connectivity index (χ2n) is 6.50. The maximum absolute atomic E-state index is 12.8. The van der Waals surface area contributed by atoms with Crippen LogP contribution in [-0.4, -0.2) is 0 Å². The van der Waals surface area contributed by atoms with Gasteiger partial charge in [-0.25, -0.2) is 0 Å². The minimum absolute atomic E-state index is 0.351. The molecule has 0 aromatic heterocycles. The second kappa shape index (κ2) is 6.85. The Morgan fingerprint density at radius 3 is 1.96 bits per heavy atom. The molecule has 4 heteroatoms. The molecule has 0 bridgehead atoms. The van der Waals surface area contributed by atoms with Gasteiger partial charge in [-0.3, -0.25) is 0 Å². The second-order valence-corrected chi connectivity index (χ2v) is 6.50. The normalized spacial score (nSPS) is 13.1. The van der Waals surface area contributed by atoms with Crippen LogP contribution in [0.1, 0.15) is 27.8 Å². The molecule has 0 aliphatic carbocycles. The number of hydrogen-bond donors (Lipinski definition) is 0. The van der Waals surface area contributed by atoms with Gasteiger partial charge in [0.1, 0.15) is 0 Å². The molecular weight excluding hydrogens is 347 g/mol. The number of hydrogen-bond acceptors (Lipinski definition) is 1. The van der Waals surface area contributed by atoms with Gasteiger partial charge < -0.3 is 4.90 Å². The first kappa shape index (κ1) is 17.2. The van der Waals surface area contributed by atoms with Crippen molar-refractivity contribution in [2.45, 2.75) is 19.3 Å². The topological polar surface area (TPSA) is 3.24 Å². The van der Waals surface area contributed by atoms with E-state index < -0.39 is 11.7 Å². The van der Waals surface area contributed by atoms with E-state index in [0.717, 1.165) is 36.5 Å². The molecule has 1 aliphatic heterocycles. The molecule has 134 valence electrons. The summed E-state index contributed by atoms with van der Waals surface area (Å²) in [6.07, 6.45) is -4.35. The minimum Gasteiger partial charge on any atom is -0.363 e. The summed E-state index contributed by atoms with van der Waals surface area (Å²) in [6, 6.07) is 21.3. The van der Waals surface area contributed by atoms with E-state index in [1.165, 1.54) is 17.2 Å². The molecule has 1 nitrogen and oxygen atoms in total. The lowest BCUT2D eigenvalue weighted by Gasteiger charge is -2.17. The van der Waals surface area contributed by atoms with Crippen molar-refractivity contribution in [3.63, 3.8) is 0 Å². The summed E-state index contributed by atoms with van der Waals surface area (Å²) >= 11 is 0. The van der Waals surface area contributed by atoms with Crippen LogP contribution in [0.15, 0.2) is 72.8 Å². The van der Waals surface area contributed by atoms with Gasteiger partial charge in [0.15, 0.2) is 0 Å². The summed E-state index contributed by atoms with van der Waals surface area (Å²) in [5.74, 6) is 5.75. The van der Waals surface area contributed by atoms with E-state index in [4.69, 9.17) is 0 Å². The molecule has 0 atom stereocenters. The van der Waals surface area contributed by atoms with Crippen LogP contribution in [0.3, 0.4) is 0 Å². The fourth-order valence-corrected chi connectivity index (χ4v) is 3.19. The Bertz CT molecular complexity index is 999. The van der Waals surface area contributed by atoms with Crippen molar-refractivity contribution in [1.82, 2.24) is 0 Å². The number of alkyl halides is 3. The highest BCUT2D eigenvalue weighted by molar-refractivity contribution is 5.55. The van der Waals surface area contributed by atoms with Gasteiger partial charge in [0.05, 0.1) is 5.56 Å². The van der Waals surface area contributed by atoms with E-state index in [1.807, 2.05) is 24.3 Å². The fraction of sp³-hybridized carbons (Fsp3) is 0.130. The average Bonchev–Trinajstić information content (AvgIpc) is 3.10. The molecule has 1 heterocycles. The van der Waals surface area contributed by atoms with Gasteiger partial charge in [0, 0.05) is 29.9 Å². The lowest BCUT2D eigenvalue weighted by molar-refractivity contribution is -0.137. The molecule has 4 rings (SSSR count). The highest BCUT2D eigenvalue weighted by Gasteiger charge is 2.30. The summed E-state index contributed by atoms with van der Waals surface area (Å²) in [6.45, 7) is 1.76. The molecule has 3 aromatic rings. The zero-order valence-corrected chi connectivity index (χ0v) is 14.4. The maximum Gasteiger partial charge on any atom is 0.416 e. The fourth-order valence-electron chi connectivity index (χ4n) is 3.19. The number of nitrogens with zero attached hydrogens (tertiary/aromatic N) is 1. The van der Waals surface area contributed by atoms with E-state index in [2.05, 4.69) is 41.0 Å². The van der Waals surface area contributed by atoms with Crippen LogP contribution >= 0.6 is 0 Å². The molecule has 1 aliphatic rings. The van der Waals surface area contributed by atoms with Crippen LogP contribution in [0, 0.1) is 11.8 Å². The zero-order valence-electron chi connectivity index (χ0n) is 14.4. The third-order valence-electron chi connectivity index (χ3n) is 4.61. The first-order chi connectivity index (χ1) is 13.0. The van der Waals surface area contributed by atoms with E-state index in [1.54, 1.807) is 6.07 Å². The van der Waals surface area contributed by atoms with Gasteiger partial charge in [0.2, 0.25) is 0 Å². The highest BCUT2D eigenvalue weighted by Crippen LogP contribution is 2.30. The summed E-state index contributed by atoms with van der Waals surface area (Å²) in [4.78, 5) is 2.29. The van der Waals surface area contributed by atoms with Crippen molar-refractivity contribution in [3.05, 3.63) is 101 Å². The monoisotopic (exact) mass is 363 g/mol. The molecule has 0 saturated carbocycles. The molecule has 0 radical (unpaired) electrons. The van der Waals surface area contributed by atoms with E-state index in [0.29, 0.717) is 5.56 Å². The number of halogens is 3. The van der Waals surface area contributed by atoms with Crippen molar-refractivity contribution < 1.29 is 13.2 Å². The summed E-state index contributed by atoms with van der Waals surface area (Å²) in [5, 5.41) is 0. The quantitative estimate of drug-likeness (QED) is 0.507. The SMILES string of the molecule is FC(F)(F)c1cccc(C#Cc2ccc(N3Cc4ccccc4C3)cc2)c1. The highest BCUT2D eigenvalue weighted by atomic mass is 19.4.